The lowest BCUT2D eigenvalue weighted by Crippen LogP contribution is -2.25. The molecule has 1 unspecified atom stereocenters. The van der Waals surface area contributed by atoms with Crippen LogP contribution in [0.15, 0.2) is 30.6 Å². The first-order valence-electron chi connectivity index (χ1n) is 7.47. The molecule has 20 heavy (non-hydrogen) atoms. The maximum absolute atomic E-state index is 4.65. The third-order valence-electron chi connectivity index (χ3n) is 3.49. The Morgan fingerprint density at radius 1 is 1.30 bits per heavy atom. The van der Waals surface area contributed by atoms with Gasteiger partial charge in [-0.2, -0.15) is 5.10 Å². The minimum Gasteiger partial charge on any atom is -0.309 e. The van der Waals surface area contributed by atoms with Gasteiger partial charge in [-0.3, -0.25) is 9.67 Å². The van der Waals surface area contributed by atoms with E-state index >= 15 is 0 Å². The van der Waals surface area contributed by atoms with Gasteiger partial charge in [0.05, 0.1) is 17.4 Å². The van der Waals surface area contributed by atoms with E-state index in [-0.39, 0.29) is 6.04 Å². The second-order valence-corrected chi connectivity index (χ2v) is 4.91. The van der Waals surface area contributed by atoms with E-state index < -0.39 is 0 Å². The van der Waals surface area contributed by atoms with Gasteiger partial charge in [-0.15, -0.1) is 0 Å². The van der Waals surface area contributed by atoms with Gasteiger partial charge < -0.3 is 5.32 Å². The quantitative estimate of drug-likeness (QED) is 0.843. The lowest BCUT2D eigenvalue weighted by molar-refractivity contribution is 0.489. The minimum atomic E-state index is 0.289. The summed E-state index contributed by atoms with van der Waals surface area (Å²) in [5.74, 6) is 0. The molecule has 0 aliphatic rings. The zero-order valence-corrected chi connectivity index (χ0v) is 12.6. The van der Waals surface area contributed by atoms with Gasteiger partial charge in [-0.05, 0) is 44.0 Å². The Balaban J connectivity index is 2.25. The fraction of sp³-hybridized carbons (Fsp3) is 0.500. The molecule has 108 valence electrons. The SMILES string of the molecule is CCNC(Cc1cccnc1)c1cc(CC)nn1CC. The Morgan fingerprint density at radius 3 is 2.75 bits per heavy atom. The van der Waals surface area contributed by atoms with Crippen LogP contribution in [0.1, 0.15) is 43.8 Å². The lowest BCUT2D eigenvalue weighted by Gasteiger charge is -2.19. The molecular weight excluding hydrogens is 248 g/mol. The van der Waals surface area contributed by atoms with Gasteiger partial charge in [0.25, 0.3) is 0 Å². The number of aryl methyl sites for hydroxylation is 2. The standard InChI is InChI=1S/C16H24N4/c1-4-14-11-16(20(6-3)19-14)15(18-5-2)10-13-8-7-9-17-12-13/h7-9,11-12,15,18H,4-6,10H2,1-3H3. The van der Waals surface area contributed by atoms with E-state index in [1.807, 2.05) is 18.5 Å². The van der Waals surface area contributed by atoms with E-state index in [0.717, 1.165) is 31.6 Å². The summed E-state index contributed by atoms with van der Waals surface area (Å²) in [4.78, 5) is 4.21. The Kier molecular flexibility index (Phi) is 5.30. The van der Waals surface area contributed by atoms with Crippen molar-refractivity contribution in [2.75, 3.05) is 6.54 Å². The van der Waals surface area contributed by atoms with Gasteiger partial charge in [0.2, 0.25) is 0 Å². The summed E-state index contributed by atoms with van der Waals surface area (Å²) in [5, 5.41) is 8.22. The van der Waals surface area contributed by atoms with Crippen LogP contribution in [-0.4, -0.2) is 21.3 Å². The Bertz CT molecular complexity index is 519. The highest BCUT2D eigenvalue weighted by Crippen LogP contribution is 2.20. The van der Waals surface area contributed by atoms with Crippen molar-refractivity contribution in [1.82, 2.24) is 20.1 Å². The van der Waals surface area contributed by atoms with E-state index in [1.54, 1.807) is 0 Å². The predicted octanol–water partition coefficient (Wildman–Crippen LogP) is 2.75. The third kappa shape index (κ3) is 3.45. The van der Waals surface area contributed by atoms with Crippen molar-refractivity contribution in [2.45, 2.75) is 46.2 Å². The average molecular weight is 272 g/mol. The van der Waals surface area contributed by atoms with Crippen LogP contribution in [0.3, 0.4) is 0 Å². The number of likely N-dealkylation sites (N-methyl/N-ethyl adjacent to an activating group) is 1. The van der Waals surface area contributed by atoms with Gasteiger partial charge in [-0.1, -0.05) is 19.9 Å². The van der Waals surface area contributed by atoms with Crippen molar-refractivity contribution in [3.63, 3.8) is 0 Å². The first-order valence-corrected chi connectivity index (χ1v) is 7.47. The molecule has 4 heteroatoms. The highest BCUT2D eigenvalue weighted by atomic mass is 15.3. The second kappa shape index (κ2) is 7.20. The Morgan fingerprint density at radius 2 is 2.15 bits per heavy atom. The molecule has 2 aromatic heterocycles. The van der Waals surface area contributed by atoms with Crippen LogP contribution >= 0.6 is 0 Å². The molecule has 1 atom stereocenters. The molecule has 1 N–H and O–H groups in total. The molecule has 2 aromatic rings. The van der Waals surface area contributed by atoms with Gasteiger partial charge in [0, 0.05) is 18.9 Å². The van der Waals surface area contributed by atoms with E-state index in [4.69, 9.17) is 0 Å². The molecule has 0 bridgehead atoms. The summed E-state index contributed by atoms with van der Waals surface area (Å²) in [5.41, 5.74) is 3.69. The van der Waals surface area contributed by atoms with Gasteiger partial charge in [-0.25, -0.2) is 0 Å². The summed E-state index contributed by atoms with van der Waals surface area (Å²) in [7, 11) is 0. The molecular formula is C16H24N4. The molecule has 0 spiro atoms. The largest absolute Gasteiger partial charge is 0.309 e. The summed E-state index contributed by atoms with van der Waals surface area (Å²) in [6.45, 7) is 8.29. The van der Waals surface area contributed by atoms with Gasteiger partial charge in [0.1, 0.15) is 0 Å². The first kappa shape index (κ1) is 14.7. The number of pyridine rings is 1. The summed E-state index contributed by atoms with van der Waals surface area (Å²) >= 11 is 0. The van der Waals surface area contributed by atoms with Crippen molar-refractivity contribution in [3.8, 4) is 0 Å². The van der Waals surface area contributed by atoms with Crippen LogP contribution in [0.25, 0.3) is 0 Å². The molecule has 4 nitrogen and oxygen atoms in total. The fourth-order valence-electron chi connectivity index (χ4n) is 2.48. The summed E-state index contributed by atoms with van der Waals surface area (Å²) in [6.07, 6.45) is 5.68. The maximum atomic E-state index is 4.65. The molecule has 0 aliphatic carbocycles. The average Bonchev–Trinajstić information content (AvgIpc) is 2.91. The van der Waals surface area contributed by atoms with Crippen molar-refractivity contribution in [1.29, 1.82) is 0 Å². The van der Waals surface area contributed by atoms with Crippen LogP contribution in [0, 0.1) is 0 Å². The van der Waals surface area contributed by atoms with Crippen molar-refractivity contribution in [3.05, 3.63) is 47.5 Å². The molecule has 0 saturated heterocycles. The number of rotatable bonds is 7. The highest BCUT2D eigenvalue weighted by Gasteiger charge is 2.17. The molecule has 0 amide bonds. The normalized spacial score (nSPS) is 12.6. The van der Waals surface area contributed by atoms with Crippen LogP contribution in [0.5, 0.6) is 0 Å². The molecule has 2 heterocycles. The van der Waals surface area contributed by atoms with Gasteiger partial charge in [0.15, 0.2) is 0 Å². The topological polar surface area (TPSA) is 42.7 Å². The molecule has 0 radical (unpaired) electrons. The van der Waals surface area contributed by atoms with Crippen molar-refractivity contribution >= 4 is 0 Å². The van der Waals surface area contributed by atoms with Crippen LogP contribution in [0.2, 0.25) is 0 Å². The lowest BCUT2D eigenvalue weighted by atomic mass is 10.0. The third-order valence-corrected chi connectivity index (χ3v) is 3.49. The molecule has 0 aromatic carbocycles. The van der Waals surface area contributed by atoms with Crippen molar-refractivity contribution < 1.29 is 0 Å². The molecule has 0 aliphatic heterocycles. The van der Waals surface area contributed by atoms with E-state index in [0.29, 0.717) is 0 Å². The number of nitrogens with one attached hydrogen (secondary N) is 1. The van der Waals surface area contributed by atoms with Crippen molar-refractivity contribution in [2.24, 2.45) is 0 Å². The van der Waals surface area contributed by atoms with Gasteiger partial charge >= 0.3 is 0 Å². The minimum absolute atomic E-state index is 0.289. The van der Waals surface area contributed by atoms with Crippen LogP contribution in [-0.2, 0) is 19.4 Å². The fourth-order valence-corrected chi connectivity index (χ4v) is 2.48. The molecule has 2 rings (SSSR count). The van der Waals surface area contributed by atoms with E-state index in [1.165, 1.54) is 11.3 Å². The van der Waals surface area contributed by atoms with E-state index in [9.17, 15) is 0 Å². The Labute approximate surface area is 121 Å². The smallest absolute Gasteiger partial charge is 0.0625 e. The first-order chi connectivity index (χ1) is 9.78. The Hall–Kier alpha value is -1.68. The number of hydrogen-bond donors (Lipinski definition) is 1. The summed E-state index contributed by atoms with van der Waals surface area (Å²) < 4.78 is 2.11. The number of hydrogen-bond acceptors (Lipinski definition) is 3. The van der Waals surface area contributed by atoms with Crippen LogP contribution in [0.4, 0.5) is 0 Å². The second-order valence-electron chi connectivity index (χ2n) is 4.91. The predicted molar refractivity (Wildman–Crippen MR) is 81.6 cm³/mol. The molecule has 0 fully saturated rings. The molecule has 0 saturated carbocycles. The number of nitrogens with zero attached hydrogens (tertiary/aromatic N) is 3. The number of aromatic nitrogens is 3. The maximum Gasteiger partial charge on any atom is 0.0625 e. The zero-order chi connectivity index (χ0) is 14.4. The highest BCUT2D eigenvalue weighted by molar-refractivity contribution is 5.19. The monoisotopic (exact) mass is 272 g/mol. The van der Waals surface area contributed by atoms with E-state index in [2.05, 4.69) is 53.0 Å². The summed E-state index contributed by atoms with van der Waals surface area (Å²) in [6, 6.07) is 6.64. The van der Waals surface area contributed by atoms with Crippen LogP contribution < -0.4 is 5.32 Å². The zero-order valence-electron chi connectivity index (χ0n) is 12.6.